The standard InChI is InChI=1S/C22H29N2/c1-8-17-18-11-9-15(23(4)5)13-20(18)22(2,3)21-14-16(24(6)7)10-12-19(17)21/h9-14H,8H2,1-7H3/q+1. The van der Waals surface area contributed by atoms with Crippen LogP contribution in [0.2, 0.25) is 0 Å². The smallest absolute Gasteiger partial charge is 0.199 e. The highest BCUT2D eigenvalue weighted by molar-refractivity contribution is 6.05. The molecule has 0 saturated heterocycles. The largest absolute Gasteiger partial charge is 0.378 e. The Labute approximate surface area is 146 Å². The van der Waals surface area contributed by atoms with Gasteiger partial charge in [0.05, 0.1) is 0 Å². The minimum Gasteiger partial charge on any atom is -0.378 e. The number of allylic oxidation sites excluding steroid dienone is 6. The maximum Gasteiger partial charge on any atom is 0.199 e. The Balaban J connectivity index is 2.32. The zero-order chi connectivity index (χ0) is 17.6. The molecule has 2 nitrogen and oxygen atoms in total. The van der Waals surface area contributed by atoms with Crippen LogP contribution in [0.3, 0.4) is 0 Å². The first-order valence-corrected chi connectivity index (χ1v) is 8.77. The molecule has 0 aliphatic heterocycles. The van der Waals surface area contributed by atoms with Crippen LogP contribution in [0.5, 0.6) is 0 Å². The molecular formula is C22H29N2+. The van der Waals surface area contributed by atoms with Gasteiger partial charge in [0.25, 0.3) is 0 Å². The lowest BCUT2D eigenvalue weighted by Gasteiger charge is -2.39. The van der Waals surface area contributed by atoms with Crippen LogP contribution >= 0.6 is 0 Å². The molecule has 0 aromatic heterocycles. The van der Waals surface area contributed by atoms with Gasteiger partial charge < -0.3 is 4.90 Å². The summed E-state index contributed by atoms with van der Waals surface area (Å²) in [4.78, 5) is 2.19. The number of anilines is 1. The summed E-state index contributed by atoms with van der Waals surface area (Å²) >= 11 is 0. The molecule has 3 rings (SSSR count). The van der Waals surface area contributed by atoms with Gasteiger partial charge in [0.2, 0.25) is 0 Å². The quantitative estimate of drug-likeness (QED) is 0.731. The van der Waals surface area contributed by atoms with Crippen molar-refractivity contribution in [1.29, 1.82) is 0 Å². The van der Waals surface area contributed by atoms with E-state index in [4.69, 9.17) is 0 Å². The van der Waals surface area contributed by atoms with E-state index in [0.29, 0.717) is 0 Å². The van der Waals surface area contributed by atoms with E-state index in [1.54, 1.807) is 0 Å². The highest BCUT2D eigenvalue weighted by Crippen LogP contribution is 2.49. The number of hydrogen-bond acceptors (Lipinski definition) is 1. The highest BCUT2D eigenvalue weighted by atomic mass is 15.1. The maximum atomic E-state index is 2.37. The molecule has 24 heavy (non-hydrogen) atoms. The minimum absolute atomic E-state index is 0.00137. The molecule has 0 amide bonds. The van der Waals surface area contributed by atoms with Gasteiger partial charge in [-0.1, -0.05) is 26.8 Å². The van der Waals surface area contributed by atoms with Gasteiger partial charge in [-0.25, -0.2) is 4.58 Å². The van der Waals surface area contributed by atoms with Gasteiger partial charge in [-0.15, -0.1) is 0 Å². The first-order valence-electron chi connectivity index (χ1n) is 8.77. The lowest BCUT2D eigenvalue weighted by atomic mass is 9.65. The molecule has 0 radical (unpaired) electrons. The van der Waals surface area contributed by atoms with Crippen LogP contribution in [-0.2, 0) is 5.41 Å². The molecule has 0 spiro atoms. The Kier molecular flexibility index (Phi) is 4.03. The van der Waals surface area contributed by atoms with Crippen molar-refractivity contribution in [2.24, 2.45) is 0 Å². The van der Waals surface area contributed by atoms with E-state index in [1.807, 2.05) is 0 Å². The van der Waals surface area contributed by atoms with Gasteiger partial charge in [-0.3, -0.25) is 0 Å². The summed E-state index contributed by atoms with van der Waals surface area (Å²) < 4.78 is 2.19. The minimum atomic E-state index is 0.00137. The molecule has 0 fully saturated rings. The Hall–Kier alpha value is -2.09. The fourth-order valence-corrected chi connectivity index (χ4v) is 3.85. The Morgan fingerprint density at radius 2 is 1.79 bits per heavy atom. The van der Waals surface area contributed by atoms with E-state index in [-0.39, 0.29) is 5.41 Å². The predicted octanol–water partition coefficient (Wildman–Crippen LogP) is 4.42. The third kappa shape index (κ3) is 2.45. The van der Waals surface area contributed by atoms with Gasteiger partial charge >= 0.3 is 0 Å². The average Bonchev–Trinajstić information content (AvgIpc) is 2.54. The van der Waals surface area contributed by atoms with Gasteiger partial charge in [0.1, 0.15) is 14.1 Å². The molecule has 0 heterocycles. The number of fused-ring (bicyclic) bond motifs is 2. The number of hydrogen-bond donors (Lipinski definition) is 0. The molecule has 0 bridgehead atoms. The second-order valence-electron chi connectivity index (χ2n) is 7.71. The summed E-state index contributed by atoms with van der Waals surface area (Å²) in [5.41, 5.74) is 9.71. The highest BCUT2D eigenvalue weighted by Gasteiger charge is 2.37. The van der Waals surface area contributed by atoms with Crippen molar-refractivity contribution in [3.63, 3.8) is 0 Å². The van der Waals surface area contributed by atoms with E-state index >= 15 is 0 Å². The Bertz CT molecular complexity index is 810. The van der Waals surface area contributed by atoms with Crippen molar-refractivity contribution in [3.8, 4) is 0 Å². The molecule has 126 valence electrons. The van der Waals surface area contributed by atoms with Crippen molar-refractivity contribution < 1.29 is 4.58 Å². The third-order valence-electron chi connectivity index (χ3n) is 5.39. The van der Waals surface area contributed by atoms with Gasteiger partial charge in [0, 0.05) is 37.3 Å². The van der Waals surface area contributed by atoms with E-state index in [9.17, 15) is 0 Å². The van der Waals surface area contributed by atoms with Crippen molar-refractivity contribution in [3.05, 3.63) is 58.7 Å². The third-order valence-corrected chi connectivity index (χ3v) is 5.39. The van der Waals surface area contributed by atoms with Crippen LogP contribution < -0.4 is 4.90 Å². The number of benzene rings is 1. The summed E-state index contributed by atoms with van der Waals surface area (Å²) in [5.74, 6) is 0. The van der Waals surface area contributed by atoms with Crippen LogP contribution in [0.1, 0.15) is 38.3 Å². The zero-order valence-electron chi connectivity index (χ0n) is 16.1. The van der Waals surface area contributed by atoms with Crippen LogP contribution in [0.15, 0.2) is 47.6 Å². The van der Waals surface area contributed by atoms with E-state index in [0.717, 1.165) is 6.42 Å². The molecule has 1 aromatic rings. The first kappa shape index (κ1) is 16.8. The molecule has 0 atom stereocenters. The van der Waals surface area contributed by atoms with Crippen molar-refractivity contribution in [1.82, 2.24) is 0 Å². The van der Waals surface area contributed by atoms with Crippen molar-refractivity contribution >= 4 is 17.0 Å². The van der Waals surface area contributed by atoms with Crippen LogP contribution in [-0.4, -0.2) is 38.5 Å². The fraction of sp³-hybridized carbons (Fsp3) is 0.409. The molecule has 2 aliphatic carbocycles. The van der Waals surface area contributed by atoms with Crippen molar-refractivity contribution in [2.75, 3.05) is 33.1 Å². The van der Waals surface area contributed by atoms with E-state index in [2.05, 4.69) is 94.9 Å². The lowest BCUT2D eigenvalue weighted by molar-refractivity contribution is -0.462. The number of nitrogens with zero attached hydrogens (tertiary/aromatic N) is 2. The fourth-order valence-electron chi connectivity index (χ4n) is 3.85. The second kappa shape index (κ2) is 5.77. The van der Waals surface area contributed by atoms with E-state index < -0.39 is 0 Å². The summed E-state index contributed by atoms with van der Waals surface area (Å²) in [6.45, 7) is 6.98. The normalized spacial score (nSPS) is 18.1. The summed E-state index contributed by atoms with van der Waals surface area (Å²) in [6, 6.07) is 6.92. The summed E-state index contributed by atoms with van der Waals surface area (Å²) in [6.07, 6.45) is 7.98. The topological polar surface area (TPSA) is 6.25 Å². The first-order chi connectivity index (χ1) is 11.3. The lowest BCUT2D eigenvalue weighted by Crippen LogP contribution is -2.30. The SMILES string of the molecule is CCC1=C2C=CC(=[N+](C)C)C=C2C(C)(C)c2cc(N(C)C)ccc21. The molecule has 0 saturated carbocycles. The van der Waals surface area contributed by atoms with Gasteiger partial charge in [-0.2, -0.15) is 0 Å². The van der Waals surface area contributed by atoms with E-state index in [1.165, 1.54) is 39.2 Å². The second-order valence-corrected chi connectivity index (χ2v) is 7.71. The zero-order valence-corrected chi connectivity index (χ0v) is 16.1. The molecule has 0 unspecified atom stereocenters. The van der Waals surface area contributed by atoms with Crippen LogP contribution in [0.4, 0.5) is 5.69 Å². The van der Waals surface area contributed by atoms with Crippen molar-refractivity contribution in [2.45, 2.75) is 32.6 Å². The summed E-state index contributed by atoms with van der Waals surface area (Å²) in [7, 11) is 8.44. The van der Waals surface area contributed by atoms with Gasteiger partial charge in [-0.05, 0) is 52.5 Å². The molecule has 2 heteroatoms. The van der Waals surface area contributed by atoms with Crippen LogP contribution in [0.25, 0.3) is 5.57 Å². The Morgan fingerprint density at radius 1 is 1.08 bits per heavy atom. The summed E-state index contributed by atoms with van der Waals surface area (Å²) in [5, 5.41) is 0. The predicted molar refractivity (Wildman–Crippen MR) is 105 cm³/mol. The molecule has 0 N–H and O–H groups in total. The average molecular weight is 321 g/mol. The molecular weight excluding hydrogens is 292 g/mol. The monoisotopic (exact) mass is 321 g/mol. The van der Waals surface area contributed by atoms with Gasteiger partial charge in [0.15, 0.2) is 5.71 Å². The maximum absolute atomic E-state index is 2.37. The molecule has 2 aliphatic rings. The van der Waals surface area contributed by atoms with Crippen LogP contribution in [0, 0.1) is 0 Å². The number of rotatable bonds is 2. The Morgan fingerprint density at radius 3 is 2.38 bits per heavy atom. The molecule has 1 aromatic carbocycles.